The fraction of sp³-hybridized carbons (Fsp3) is 0.471. The van der Waals surface area contributed by atoms with Crippen LogP contribution in [-0.4, -0.2) is 95.2 Å². The molecule has 0 spiro atoms. The van der Waals surface area contributed by atoms with Gasteiger partial charge in [-0.25, -0.2) is 0 Å². The first-order valence-corrected chi connectivity index (χ1v) is 11.9. The molecule has 2 unspecified atom stereocenters. The van der Waals surface area contributed by atoms with Crippen LogP contribution in [0, 0.1) is 10.7 Å². The number of rotatable bonds is 11. The van der Waals surface area contributed by atoms with Crippen LogP contribution >= 0.6 is 67.8 Å². The third kappa shape index (κ3) is 7.49. The average Bonchev–Trinajstić information content (AvgIpc) is 2.71. The van der Waals surface area contributed by atoms with Gasteiger partial charge in [-0.2, -0.15) is 0 Å². The molecule has 7 N–H and O–H groups in total. The number of benzene rings is 1. The molecule has 0 saturated carbocycles. The number of nitrogens with one attached hydrogen (secondary N) is 1. The van der Waals surface area contributed by atoms with Crippen molar-refractivity contribution in [1.82, 2.24) is 10.2 Å². The van der Waals surface area contributed by atoms with Crippen LogP contribution in [0.25, 0.3) is 0 Å². The number of nitrogens with zero attached hydrogens (tertiary/aromatic N) is 1. The Bertz CT molecular complexity index is 828. The molecule has 0 bridgehead atoms. The molecule has 11 nitrogen and oxygen atoms in total. The Morgan fingerprint density at radius 2 is 1.48 bits per heavy atom. The standard InChI is InChI=1S/C17H22I3N3O8/c1-22-9(28)6-31-15-13(19)10(16(21)29)12(18)11(14(15)20)17(30)23(2-7(26)4-24)3-8(27)5-25/h7-8,24-27H,2-6H2,1H3,(H2,21,29)(H,22,28). The predicted molar refractivity (Wildman–Crippen MR) is 135 cm³/mol. The third-order valence-corrected chi connectivity index (χ3v) is 7.07. The van der Waals surface area contributed by atoms with Crippen LogP contribution in [0.15, 0.2) is 0 Å². The van der Waals surface area contributed by atoms with Crippen molar-refractivity contribution in [3.8, 4) is 5.75 Å². The Hall–Kier alpha value is -0.540. The zero-order valence-electron chi connectivity index (χ0n) is 16.3. The van der Waals surface area contributed by atoms with E-state index in [4.69, 9.17) is 20.7 Å². The van der Waals surface area contributed by atoms with E-state index in [0.717, 1.165) is 4.90 Å². The number of hydrogen-bond donors (Lipinski definition) is 6. The molecule has 0 aliphatic carbocycles. The second-order valence-corrected chi connectivity index (χ2v) is 9.47. The van der Waals surface area contributed by atoms with Crippen molar-refractivity contribution in [1.29, 1.82) is 0 Å². The van der Waals surface area contributed by atoms with Gasteiger partial charge in [0.25, 0.3) is 17.7 Å². The molecule has 3 amide bonds. The van der Waals surface area contributed by atoms with Gasteiger partial charge in [-0.1, -0.05) is 0 Å². The van der Waals surface area contributed by atoms with Crippen LogP contribution in [-0.2, 0) is 4.79 Å². The molecule has 2 atom stereocenters. The molecule has 0 saturated heterocycles. The second kappa shape index (κ2) is 13.2. The summed E-state index contributed by atoms with van der Waals surface area (Å²) < 4.78 is 6.37. The largest absolute Gasteiger partial charge is 0.481 e. The van der Waals surface area contributed by atoms with E-state index in [1.54, 1.807) is 22.6 Å². The highest BCUT2D eigenvalue weighted by atomic mass is 127. The third-order valence-electron chi connectivity index (χ3n) is 3.93. The van der Waals surface area contributed by atoms with Crippen molar-refractivity contribution >= 4 is 85.5 Å². The van der Waals surface area contributed by atoms with E-state index in [-0.39, 0.29) is 43.7 Å². The number of ether oxygens (including phenoxy) is 1. The predicted octanol–water partition coefficient (Wildman–Crippen LogP) is -1.13. The maximum Gasteiger partial charge on any atom is 0.257 e. The first-order valence-electron chi connectivity index (χ1n) is 8.70. The summed E-state index contributed by atoms with van der Waals surface area (Å²) in [5.41, 5.74) is 5.54. The lowest BCUT2D eigenvalue weighted by Crippen LogP contribution is -2.44. The maximum atomic E-state index is 13.4. The topological polar surface area (TPSA) is 183 Å². The molecule has 174 valence electrons. The summed E-state index contributed by atoms with van der Waals surface area (Å²) in [4.78, 5) is 38.1. The Kier molecular flexibility index (Phi) is 12.2. The molecular weight excluding hydrogens is 755 g/mol. The van der Waals surface area contributed by atoms with Crippen molar-refractivity contribution in [2.75, 3.05) is 40.0 Å². The molecule has 1 aromatic carbocycles. The van der Waals surface area contributed by atoms with Gasteiger partial charge >= 0.3 is 0 Å². The highest BCUT2D eigenvalue weighted by Gasteiger charge is 2.31. The van der Waals surface area contributed by atoms with Gasteiger partial charge in [-0.3, -0.25) is 14.4 Å². The zero-order chi connectivity index (χ0) is 23.9. The van der Waals surface area contributed by atoms with Gasteiger partial charge in [0.2, 0.25) is 0 Å². The van der Waals surface area contributed by atoms with Crippen LogP contribution in [0.5, 0.6) is 5.75 Å². The summed E-state index contributed by atoms with van der Waals surface area (Å²) in [6.45, 7) is -2.32. The lowest BCUT2D eigenvalue weighted by atomic mass is 10.1. The molecule has 0 aliphatic rings. The Morgan fingerprint density at radius 1 is 1.00 bits per heavy atom. The molecule has 1 aromatic rings. The number of likely N-dealkylation sites (N-methyl/N-ethyl adjacent to an activating group) is 1. The number of amides is 3. The minimum Gasteiger partial charge on any atom is -0.481 e. The second-order valence-electron chi connectivity index (χ2n) is 6.23. The van der Waals surface area contributed by atoms with Crippen molar-refractivity contribution in [2.24, 2.45) is 5.73 Å². The lowest BCUT2D eigenvalue weighted by Gasteiger charge is -2.28. The molecule has 0 aliphatic heterocycles. The summed E-state index contributed by atoms with van der Waals surface area (Å²) in [6, 6.07) is 0. The Balaban J connectivity index is 3.61. The average molecular weight is 777 g/mol. The van der Waals surface area contributed by atoms with E-state index in [1.807, 2.05) is 45.2 Å². The molecule has 0 fully saturated rings. The van der Waals surface area contributed by atoms with Crippen LogP contribution in [0.4, 0.5) is 0 Å². The SMILES string of the molecule is CNC(=O)COc1c(I)c(C(N)=O)c(I)c(C(=O)N(CC(O)CO)CC(O)CO)c1I. The van der Waals surface area contributed by atoms with E-state index < -0.39 is 43.1 Å². The van der Waals surface area contributed by atoms with Gasteiger partial charge in [0.15, 0.2) is 6.61 Å². The molecule has 14 heteroatoms. The molecule has 0 radical (unpaired) electrons. The molecule has 1 rings (SSSR count). The molecule has 0 aromatic heterocycles. The summed E-state index contributed by atoms with van der Waals surface area (Å²) in [7, 11) is 1.43. The fourth-order valence-corrected chi connectivity index (χ4v) is 6.88. The van der Waals surface area contributed by atoms with E-state index in [2.05, 4.69) is 5.32 Å². The Morgan fingerprint density at radius 3 is 1.90 bits per heavy atom. The van der Waals surface area contributed by atoms with Gasteiger partial charge in [0.05, 0.1) is 43.7 Å². The van der Waals surface area contributed by atoms with Gasteiger partial charge in [0, 0.05) is 23.7 Å². The zero-order valence-corrected chi connectivity index (χ0v) is 22.7. The van der Waals surface area contributed by atoms with E-state index in [0.29, 0.717) is 3.57 Å². The summed E-state index contributed by atoms with van der Waals surface area (Å²) in [6.07, 6.45) is -2.60. The number of carbonyl (C=O) groups excluding carboxylic acids is 3. The van der Waals surface area contributed by atoms with Crippen LogP contribution in [0.3, 0.4) is 0 Å². The maximum absolute atomic E-state index is 13.4. The van der Waals surface area contributed by atoms with E-state index in [9.17, 15) is 24.6 Å². The van der Waals surface area contributed by atoms with Crippen molar-refractivity contribution in [3.05, 3.63) is 21.8 Å². The first-order chi connectivity index (χ1) is 14.5. The number of halogens is 3. The molecular formula is C17H22I3N3O8. The van der Waals surface area contributed by atoms with Crippen molar-refractivity contribution in [3.63, 3.8) is 0 Å². The first kappa shape index (κ1) is 28.5. The number of aliphatic hydroxyl groups is 4. The lowest BCUT2D eigenvalue weighted by molar-refractivity contribution is -0.122. The number of hydrogen-bond acceptors (Lipinski definition) is 8. The van der Waals surface area contributed by atoms with Crippen molar-refractivity contribution < 1.29 is 39.5 Å². The van der Waals surface area contributed by atoms with Gasteiger partial charge in [-0.05, 0) is 67.8 Å². The summed E-state index contributed by atoms with van der Waals surface area (Å²) in [5, 5.41) is 40.4. The molecule has 0 heterocycles. The summed E-state index contributed by atoms with van der Waals surface area (Å²) >= 11 is 5.46. The number of primary amides is 1. The van der Waals surface area contributed by atoms with Gasteiger partial charge in [-0.15, -0.1) is 0 Å². The van der Waals surface area contributed by atoms with Gasteiger partial charge in [0.1, 0.15) is 5.75 Å². The minimum atomic E-state index is -1.30. The number of aliphatic hydroxyl groups excluding tert-OH is 4. The monoisotopic (exact) mass is 777 g/mol. The summed E-state index contributed by atoms with van der Waals surface area (Å²) in [5.74, 6) is -1.84. The van der Waals surface area contributed by atoms with Crippen LogP contribution in [0.1, 0.15) is 20.7 Å². The quantitative estimate of drug-likeness (QED) is 0.153. The number of nitrogens with two attached hydrogens (primary N) is 1. The number of carbonyl (C=O) groups is 3. The normalized spacial score (nSPS) is 12.8. The van der Waals surface area contributed by atoms with Crippen molar-refractivity contribution in [2.45, 2.75) is 12.2 Å². The highest BCUT2D eigenvalue weighted by molar-refractivity contribution is 14.1. The highest BCUT2D eigenvalue weighted by Crippen LogP contribution is 2.37. The van der Waals surface area contributed by atoms with Crippen LogP contribution < -0.4 is 15.8 Å². The minimum absolute atomic E-state index is 0.0117. The van der Waals surface area contributed by atoms with Crippen LogP contribution in [0.2, 0.25) is 0 Å². The Labute approximate surface area is 219 Å². The molecule has 31 heavy (non-hydrogen) atoms. The smallest absolute Gasteiger partial charge is 0.257 e. The van der Waals surface area contributed by atoms with E-state index >= 15 is 0 Å². The van der Waals surface area contributed by atoms with E-state index in [1.165, 1.54) is 7.05 Å². The fourth-order valence-electron chi connectivity index (χ4n) is 2.40. The van der Waals surface area contributed by atoms with Gasteiger partial charge < -0.3 is 41.1 Å².